The van der Waals surface area contributed by atoms with E-state index in [9.17, 15) is 10.1 Å². The van der Waals surface area contributed by atoms with E-state index in [4.69, 9.17) is 4.99 Å². The molecule has 0 radical (unpaired) electrons. The first kappa shape index (κ1) is 17.9. The number of thioether (sulfide) groups is 1. The largest absolute Gasteiger partial charge is 0.269 e. The van der Waals surface area contributed by atoms with Gasteiger partial charge in [-0.1, -0.05) is 52.3 Å². The van der Waals surface area contributed by atoms with E-state index in [1.807, 2.05) is 48.5 Å². The zero-order valence-corrected chi connectivity index (χ0v) is 16.6. The smallest absolute Gasteiger partial charge is 0.258 e. The molecule has 0 saturated heterocycles. The van der Waals surface area contributed by atoms with E-state index >= 15 is 0 Å². The second kappa shape index (κ2) is 7.66. The molecule has 0 saturated carbocycles. The number of nitro groups is 1. The number of non-ortho nitro benzene ring substituents is 1. The van der Waals surface area contributed by atoms with Crippen LogP contribution in [0.4, 0.5) is 11.4 Å². The molecular weight excluding hydrogens is 424 g/mol. The van der Waals surface area contributed by atoms with Crippen LogP contribution in [0.2, 0.25) is 0 Å². The van der Waals surface area contributed by atoms with E-state index in [0.29, 0.717) is 6.42 Å². The molecular formula is C21H15BrN2O2S. The number of fused-ring (bicyclic) bond motifs is 1. The van der Waals surface area contributed by atoms with Gasteiger partial charge in [0.15, 0.2) is 0 Å². The molecule has 0 amide bonds. The van der Waals surface area contributed by atoms with Crippen molar-refractivity contribution in [2.24, 2.45) is 4.99 Å². The van der Waals surface area contributed by atoms with Crippen molar-refractivity contribution in [3.05, 3.63) is 98.5 Å². The minimum Gasteiger partial charge on any atom is -0.258 e. The van der Waals surface area contributed by atoms with Crippen LogP contribution >= 0.6 is 27.7 Å². The molecule has 1 aliphatic heterocycles. The molecule has 0 N–H and O–H groups in total. The molecule has 0 aromatic heterocycles. The van der Waals surface area contributed by atoms with Gasteiger partial charge in [0.1, 0.15) is 0 Å². The summed E-state index contributed by atoms with van der Waals surface area (Å²) < 4.78 is 1.02. The standard InChI is InChI=1S/C21H15BrN2O2S/c22-16-10-8-14(9-11-16)19-13-21(15-4-3-5-17(12-15)24(25)26)27-20-7-2-1-6-18(20)23-19/h1-12,21H,13H2/t21-/m1/s1. The predicted octanol–water partition coefficient (Wildman–Crippen LogP) is 6.72. The fraction of sp³-hybridized carbons (Fsp3) is 0.0952. The molecule has 1 heterocycles. The van der Waals surface area contributed by atoms with E-state index in [1.165, 1.54) is 6.07 Å². The highest BCUT2D eigenvalue weighted by Gasteiger charge is 2.23. The molecule has 1 atom stereocenters. The molecule has 134 valence electrons. The number of nitro benzene ring substituents is 1. The number of para-hydroxylation sites is 1. The zero-order chi connectivity index (χ0) is 18.8. The van der Waals surface area contributed by atoms with Crippen molar-refractivity contribution < 1.29 is 4.92 Å². The van der Waals surface area contributed by atoms with Crippen LogP contribution in [0, 0.1) is 10.1 Å². The lowest BCUT2D eigenvalue weighted by molar-refractivity contribution is -0.384. The SMILES string of the molecule is O=[N+]([O-])c1cccc([C@H]2CC(c3ccc(Br)cc3)=Nc3ccccc3S2)c1. The predicted molar refractivity (Wildman–Crippen MR) is 113 cm³/mol. The average molecular weight is 439 g/mol. The molecule has 6 heteroatoms. The van der Waals surface area contributed by atoms with Crippen LogP contribution in [0.1, 0.15) is 22.8 Å². The van der Waals surface area contributed by atoms with Crippen LogP contribution in [0.5, 0.6) is 0 Å². The van der Waals surface area contributed by atoms with Crippen molar-refractivity contribution in [2.45, 2.75) is 16.6 Å². The summed E-state index contributed by atoms with van der Waals surface area (Å²) in [5, 5.41) is 11.2. The highest BCUT2D eigenvalue weighted by molar-refractivity contribution is 9.10. The Morgan fingerprint density at radius 1 is 1.04 bits per heavy atom. The third kappa shape index (κ3) is 3.96. The van der Waals surface area contributed by atoms with Crippen molar-refractivity contribution in [3.63, 3.8) is 0 Å². The van der Waals surface area contributed by atoms with Gasteiger partial charge in [-0.3, -0.25) is 15.1 Å². The highest BCUT2D eigenvalue weighted by Crippen LogP contribution is 2.45. The van der Waals surface area contributed by atoms with E-state index in [-0.39, 0.29) is 15.9 Å². The van der Waals surface area contributed by atoms with Gasteiger partial charge in [-0.05, 0) is 35.4 Å². The van der Waals surface area contributed by atoms with Crippen LogP contribution in [0.25, 0.3) is 0 Å². The molecule has 27 heavy (non-hydrogen) atoms. The van der Waals surface area contributed by atoms with Crippen molar-refractivity contribution >= 4 is 44.8 Å². The Balaban J connectivity index is 1.79. The lowest BCUT2D eigenvalue weighted by atomic mass is 10.0. The van der Waals surface area contributed by atoms with Gasteiger partial charge in [0.25, 0.3) is 5.69 Å². The van der Waals surface area contributed by atoms with Gasteiger partial charge in [0.2, 0.25) is 0 Å². The first-order valence-corrected chi connectivity index (χ1v) is 10.1. The summed E-state index contributed by atoms with van der Waals surface area (Å²) in [5.41, 5.74) is 4.04. The molecule has 0 fully saturated rings. The Morgan fingerprint density at radius 3 is 2.59 bits per heavy atom. The van der Waals surface area contributed by atoms with E-state index < -0.39 is 0 Å². The van der Waals surface area contributed by atoms with Gasteiger partial charge in [-0.2, -0.15) is 0 Å². The third-order valence-electron chi connectivity index (χ3n) is 4.40. The van der Waals surface area contributed by atoms with E-state index in [2.05, 4.69) is 22.0 Å². The van der Waals surface area contributed by atoms with Crippen molar-refractivity contribution in [3.8, 4) is 0 Å². The van der Waals surface area contributed by atoms with Crippen molar-refractivity contribution in [1.29, 1.82) is 0 Å². The fourth-order valence-corrected chi connectivity index (χ4v) is 4.55. The second-order valence-corrected chi connectivity index (χ2v) is 8.36. The quantitative estimate of drug-likeness (QED) is 0.337. The first-order valence-electron chi connectivity index (χ1n) is 8.44. The monoisotopic (exact) mass is 438 g/mol. The van der Waals surface area contributed by atoms with Gasteiger partial charge >= 0.3 is 0 Å². The van der Waals surface area contributed by atoms with Crippen LogP contribution in [-0.4, -0.2) is 10.6 Å². The Labute approximate surface area is 169 Å². The van der Waals surface area contributed by atoms with Crippen LogP contribution < -0.4 is 0 Å². The topological polar surface area (TPSA) is 55.5 Å². The van der Waals surface area contributed by atoms with Crippen molar-refractivity contribution in [2.75, 3.05) is 0 Å². The third-order valence-corrected chi connectivity index (χ3v) is 6.25. The summed E-state index contributed by atoms with van der Waals surface area (Å²) >= 11 is 5.18. The number of halogens is 1. The summed E-state index contributed by atoms with van der Waals surface area (Å²) in [6.45, 7) is 0. The summed E-state index contributed by atoms with van der Waals surface area (Å²) in [6, 6.07) is 23.1. The summed E-state index contributed by atoms with van der Waals surface area (Å²) in [6.07, 6.45) is 0.697. The zero-order valence-electron chi connectivity index (χ0n) is 14.2. The average Bonchev–Trinajstić information content (AvgIpc) is 2.88. The number of nitrogens with zero attached hydrogens (tertiary/aromatic N) is 2. The van der Waals surface area contributed by atoms with Gasteiger partial charge in [0.05, 0.1) is 10.6 Å². The normalized spacial score (nSPS) is 16.2. The second-order valence-electron chi connectivity index (χ2n) is 6.20. The Kier molecular flexibility index (Phi) is 5.09. The highest BCUT2D eigenvalue weighted by atomic mass is 79.9. The number of benzene rings is 3. The maximum Gasteiger partial charge on any atom is 0.269 e. The van der Waals surface area contributed by atoms with Gasteiger partial charge in [-0.15, -0.1) is 11.8 Å². The minimum atomic E-state index is -0.345. The lowest BCUT2D eigenvalue weighted by Crippen LogP contribution is -2.05. The maximum atomic E-state index is 11.2. The van der Waals surface area contributed by atoms with Gasteiger partial charge < -0.3 is 0 Å². The summed E-state index contributed by atoms with van der Waals surface area (Å²) in [4.78, 5) is 16.8. The van der Waals surface area contributed by atoms with Gasteiger partial charge in [-0.25, -0.2) is 0 Å². The lowest BCUT2D eigenvalue weighted by Gasteiger charge is -2.16. The Morgan fingerprint density at radius 2 is 1.81 bits per heavy atom. The van der Waals surface area contributed by atoms with Crippen LogP contribution in [0.3, 0.4) is 0 Å². The number of aliphatic imine (C=N–C) groups is 1. The van der Waals surface area contributed by atoms with Crippen molar-refractivity contribution in [1.82, 2.24) is 0 Å². The molecule has 3 aromatic rings. The molecule has 0 bridgehead atoms. The number of hydrogen-bond acceptors (Lipinski definition) is 4. The molecule has 4 nitrogen and oxygen atoms in total. The Hall–Kier alpha value is -2.44. The molecule has 0 aliphatic carbocycles. The maximum absolute atomic E-state index is 11.2. The van der Waals surface area contributed by atoms with Crippen LogP contribution in [-0.2, 0) is 0 Å². The molecule has 4 rings (SSSR count). The van der Waals surface area contributed by atoms with Gasteiger partial charge in [0, 0.05) is 38.9 Å². The fourth-order valence-electron chi connectivity index (χ4n) is 3.06. The van der Waals surface area contributed by atoms with E-state index in [0.717, 1.165) is 31.9 Å². The van der Waals surface area contributed by atoms with E-state index in [1.54, 1.807) is 23.9 Å². The summed E-state index contributed by atoms with van der Waals surface area (Å²) in [7, 11) is 0. The molecule has 1 aliphatic rings. The number of hydrogen-bond donors (Lipinski definition) is 0. The number of rotatable bonds is 3. The minimum absolute atomic E-state index is 0.0518. The Bertz CT molecular complexity index is 1030. The molecule has 0 spiro atoms. The molecule has 3 aromatic carbocycles. The molecule has 0 unspecified atom stereocenters. The summed E-state index contributed by atoms with van der Waals surface area (Å²) in [5.74, 6) is 0. The first-order chi connectivity index (χ1) is 13.1. The van der Waals surface area contributed by atoms with Crippen LogP contribution in [0.15, 0.2) is 87.2 Å².